The number of H-pyrrole nitrogens is 1. The van der Waals surface area contributed by atoms with Crippen molar-refractivity contribution in [1.82, 2.24) is 10.3 Å². The van der Waals surface area contributed by atoms with Gasteiger partial charge in [0.2, 0.25) is 0 Å². The standard InChI is InChI=1S/C13H15ClN2.C2H6/c1-8(2)15-7-11-5-10-6-12(14)9(3)4-13(10)16-11;1-2/h4-6,15-16H,1,7H2,2-3H3;1-2H3. The van der Waals surface area contributed by atoms with Gasteiger partial charge in [0.05, 0.1) is 6.54 Å². The molecule has 2 rings (SSSR count). The molecule has 3 heteroatoms. The van der Waals surface area contributed by atoms with Crippen LogP contribution in [-0.2, 0) is 6.54 Å². The smallest absolute Gasteiger partial charge is 0.0548 e. The van der Waals surface area contributed by atoms with E-state index >= 15 is 0 Å². The third-order valence-electron chi connectivity index (χ3n) is 2.54. The quantitative estimate of drug-likeness (QED) is 0.820. The van der Waals surface area contributed by atoms with Gasteiger partial charge in [0.1, 0.15) is 0 Å². The van der Waals surface area contributed by atoms with Crippen molar-refractivity contribution in [3.63, 3.8) is 0 Å². The van der Waals surface area contributed by atoms with E-state index in [1.165, 1.54) is 0 Å². The molecule has 0 aliphatic rings. The minimum Gasteiger partial charge on any atom is -0.383 e. The lowest BCUT2D eigenvalue weighted by Crippen LogP contribution is -2.09. The van der Waals surface area contributed by atoms with Crippen molar-refractivity contribution in [2.45, 2.75) is 34.2 Å². The van der Waals surface area contributed by atoms with E-state index in [0.717, 1.165) is 39.4 Å². The minimum atomic E-state index is 0.765. The molecule has 0 fully saturated rings. The Morgan fingerprint density at radius 1 is 1.33 bits per heavy atom. The molecule has 0 amide bonds. The number of hydrogen-bond acceptors (Lipinski definition) is 1. The van der Waals surface area contributed by atoms with Gasteiger partial charge in [-0.1, -0.05) is 32.0 Å². The Kier molecular flexibility index (Phi) is 5.29. The summed E-state index contributed by atoms with van der Waals surface area (Å²) in [5.74, 6) is 0. The van der Waals surface area contributed by atoms with Gasteiger partial charge in [0.15, 0.2) is 0 Å². The fourth-order valence-electron chi connectivity index (χ4n) is 1.66. The topological polar surface area (TPSA) is 27.8 Å². The molecule has 1 heterocycles. The van der Waals surface area contributed by atoms with Crippen LogP contribution in [-0.4, -0.2) is 4.98 Å². The zero-order chi connectivity index (χ0) is 13.7. The van der Waals surface area contributed by atoms with E-state index in [0.29, 0.717) is 0 Å². The van der Waals surface area contributed by atoms with E-state index in [1.54, 1.807) is 0 Å². The summed E-state index contributed by atoms with van der Waals surface area (Å²) in [5, 5.41) is 5.15. The number of benzene rings is 1. The van der Waals surface area contributed by atoms with E-state index in [4.69, 9.17) is 11.6 Å². The van der Waals surface area contributed by atoms with E-state index in [1.807, 2.05) is 33.8 Å². The number of allylic oxidation sites excluding steroid dienone is 1. The molecule has 0 aliphatic heterocycles. The predicted octanol–water partition coefficient (Wildman–Crippen LogP) is 4.78. The summed E-state index contributed by atoms with van der Waals surface area (Å²) in [7, 11) is 0. The predicted molar refractivity (Wildman–Crippen MR) is 81.0 cm³/mol. The summed E-state index contributed by atoms with van der Waals surface area (Å²) in [5.41, 5.74) is 4.32. The summed E-state index contributed by atoms with van der Waals surface area (Å²) in [6, 6.07) is 6.17. The highest BCUT2D eigenvalue weighted by Crippen LogP contribution is 2.23. The van der Waals surface area contributed by atoms with Crippen LogP contribution in [0.2, 0.25) is 5.02 Å². The minimum absolute atomic E-state index is 0.765. The molecule has 2 N–H and O–H groups in total. The van der Waals surface area contributed by atoms with Gasteiger partial charge in [0, 0.05) is 27.3 Å². The molecule has 18 heavy (non-hydrogen) atoms. The molecule has 0 spiro atoms. The SMILES string of the molecule is C=C(C)NCc1cc2cc(Cl)c(C)cc2[nH]1.CC. The highest BCUT2D eigenvalue weighted by Gasteiger charge is 2.03. The number of nitrogens with one attached hydrogen (secondary N) is 2. The highest BCUT2D eigenvalue weighted by molar-refractivity contribution is 6.32. The van der Waals surface area contributed by atoms with Crippen molar-refractivity contribution in [3.05, 3.63) is 46.8 Å². The van der Waals surface area contributed by atoms with Crippen molar-refractivity contribution in [1.29, 1.82) is 0 Å². The molecular weight excluding hydrogens is 244 g/mol. The highest BCUT2D eigenvalue weighted by atomic mass is 35.5. The van der Waals surface area contributed by atoms with Crippen LogP contribution in [0.5, 0.6) is 0 Å². The maximum atomic E-state index is 6.08. The Balaban J connectivity index is 0.000000771. The lowest BCUT2D eigenvalue weighted by atomic mass is 10.2. The second kappa shape index (κ2) is 6.50. The number of aryl methyl sites for hydroxylation is 1. The van der Waals surface area contributed by atoms with E-state index < -0.39 is 0 Å². The summed E-state index contributed by atoms with van der Waals surface area (Å²) >= 11 is 6.08. The van der Waals surface area contributed by atoms with E-state index in [-0.39, 0.29) is 0 Å². The molecule has 0 radical (unpaired) electrons. The molecule has 0 bridgehead atoms. The van der Waals surface area contributed by atoms with Gasteiger partial charge in [-0.3, -0.25) is 0 Å². The van der Waals surface area contributed by atoms with Crippen molar-refractivity contribution < 1.29 is 0 Å². The van der Waals surface area contributed by atoms with Crippen molar-refractivity contribution in [3.8, 4) is 0 Å². The molecule has 0 atom stereocenters. The van der Waals surface area contributed by atoms with Crippen LogP contribution in [0, 0.1) is 6.92 Å². The monoisotopic (exact) mass is 264 g/mol. The summed E-state index contributed by atoms with van der Waals surface area (Å²) in [6.45, 7) is 12.5. The average Bonchev–Trinajstić information content (AvgIpc) is 2.72. The Bertz CT molecular complexity index is 502. The van der Waals surface area contributed by atoms with Gasteiger partial charge in [0.25, 0.3) is 0 Å². The van der Waals surface area contributed by atoms with Crippen LogP contribution in [0.15, 0.2) is 30.5 Å². The molecule has 1 aromatic heterocycles. The molecule has 0 saturated heterocycles. The van der Waals surface area contributed by atoms with E-state index in [2.05, 4.69) is 29.0 Å². The second-order valence-electron chi connectivity index (χ2n) is 4.12. The molecule has 2 nitrogen and oxygen atoms in total. The zero-order valence-corrected chi connectivity index (χ0v) is 12.3. The van der Waals surface area contributed by atoms with Gasteiger partial charge in [-0.25, -0.2) is 0 Å². The molecule has 1 aromatic carbocycles. The van der Waals surface area contributed by atoms with Gasteiger partial charge in [-0.15, -0.1) is 0 Å². The van der Waals surface area contributed by atoms with Crippen LogP contribution < -0.4 is 5.32 Å². The maximum Gasteiger partial charge on any atom is 0.0548 e. The van der Waals surface area contributed by atoms with Crippen LogP contribution in [0.4, 0.5) is 0 Å². The lowest BCUT2D eigenvalue weighted by Gasteiger charge is -2.01. The van der Waals surface area contributed by atoms with Crippen LogP contribution in [0.1, 0.15) is 32.0 Å². The normalized spacial score (nSPS) is 9.83. The second-order valence-corrected chi connectivity index (χ2v) is 4.52. The maximum absolute atomic E-state index is 6.08. The molecular formula is C15H21ClN2. The average molecular weight is 265 g/mol. The number of hydrogen-bond donors (Lipinski definition) is 2. The van der Waals surface area contributed by atoms with Crippen LogP contribution in [0.3, 0.4) is 0 Å². The first-order valence-corrected chi connectivity index (χ1v) is 6.61. The summed E-state index contributed by atoms with van der Waals surface area (Å²) < 4.78 is 0. The Morgan fingerprint density at radius 3 is 2.61 bits per heavy atom. The van der Waals surface area contributed by atoms with Gasteiger partial charge < -0.3 is 10.3 Å². The first-order valence-electron chi connectivity index (χ1n) is 6.23. The Morgan fingerprint density at radius 2 is 2.00 bits per heavy atom. The summed E-state index contributed by atoms with van der Waals surface area (Å²) in [6.07, 6.45) is 0. The lowest BCUT2D eigenvalue weighted by molar-refractivity contribution is 0.798. The number of fused-ring (bicyclic) bond motifs is 1. The fraction of sp³-hybridized carbons (Fsp3) is 0.333. The van der Waals surface area contributed by atoms with Crippen LogP contribution >= 0.6 is 11.6 Å². The zero-order valence-electron chi connectivity index (χ0n) is 11.5. The number of halogens is 1. The number of aromatic nitrogens is 1. The molecule has 98 valence electrons. The van der Waals surface area contributed by atoms with Crippen LogP contribution in [0.25, 0.3) is 10.9 Å². The van der Waals surface area contributed by atoms with Crippen molar-refractivity contribution >= 4 is 22.5 Å². The fourth-order valence-corrected chi connectivity index (χ4v) is 1.83. The van der Waals surface area contributed by atoms with Crippen molar-refractivity contribution in [2.24, 2.45) is 0 Å². The van der Waals surface area contributed by atoms with Crippen molar-refractivity contribution in [2.75, 3.05) is 0 Å². The number of aromatic amines is 1. The molecule has 2 aromatic rings. The summed E-state index contributed by atoms with van der Waals surface area (Å²) in [4.78, 5) is 3.36. The molecule has 0 aliphatic carbocycles. The largest absolute Gasteiger partial charge is 0.383 e. The third kappa shape index (κ3) is 3.54. The van der Waals surface area contributed by atoms with Gasteiger partial charge >= 0.3 is 0 Å². The molecule has 0 saturated carbocycles. The first-order chi connectivity index (χ1) is 8.56. The Hall–Kier alpha value is -1.41. The van der Waals surface area contributed by atoms with Gasteiger partial charge in [-0.05, 0) is 37.6 Å². The van der Waals surface area contributed by atoms with Gasteiger partial charge in [-0.2, -0.15) is 0 Å². The first kappa shape index (κ1) is 14.7. The van der Waals surface area contributed by atoms with E-state index in [9.17, 15) is 0 Å². The Labute approximate surface area is 114 Å². The molecule has 0 unspecified atom stereocenters. The number of rotatable bonds is 3. The third-order valence-corrected chi connectivity index (χ3v) is 2.94.